The number of ether oxygens (including phenoxy) is 1. The Labute approximate surface area is 150 Å². The molecule has 1 aliphatic heterocycles. The van der Waals surface area contributed by atoms with E-state index in [1.165, 1.54) is 6.33 Å². The van der Waals surface area contributed by atoms with Crippen molar-refractivity contribution in [2.24, 2.45) is 0 Å². The Morgan fingerprint density at radius 2 is 2.19 bits per heavy atom. The van der Waals surface area contributed by atoms with Gasteiger partial charge in [-0.2, -0.15) is 5.10 Å². The molecule has 26 heavy (non-hydrogen) atoms. The zero-order valence-corrected chi connectivity index (χ0v) is 14.6. The summed E-state index contributed by atoms with van der Waals surface area (Å²) in [6, 6.07) is 5.64. The molecule has 0 saturated heterocycles. The van der Waals surface area contributed by atoms with Gasteiger partial charge in [-0.15, -0.1) is 0 Å². The molecule has 0 spiro atoms. The van der Waals surface area contributed by atoms with Gasteiger partial charge in [0.2, 0.25) is 0 Å². The summed E-state index contributed by atoms with van der Waals surface area (Å²) in [6.45, 7) is 5.24. The van der Waals surface area contributed by atoms with E-state index in [0.29, 0.717) is 24.5 Å². The van der Waals surface area contributed by atoms with Crippen LogP contribution in [0.2, 0.25) is 0 Å². The average molecular weight is 353 g/mol. The highest BCUT2D eigenvalue weighted by Crippen LogP contribution is 2.34. The monoisotopic (exact) mass is 353 g/mol. The molecular weight excluding hydrogens is 334 g/mol. The SMILES string of the molecule is CC(C)n1ncnc1-c1cn2c(n1)-c1ccc(CC(=O)O)cc1OCC2. The second kappa shape index (κ2) is 6.29. The molecule has 0 saturated carbocycles. The molecule has 0 amide bonds. The fourth-order valence-corrected chi connectivity index (χ4v) is 3.13. The van der Waals surface area contributed by atoms with Crippen LogP contribution < -0.4 is 4.74 Å². The van der Waals surface area contributed by atoms with Crippen molar-refractivity contribution in [3.8, 4) is 28.7 Å². The first-order valence-electron chi connectivity index (χ1n) is 8.48. The summed E-state index contributed by atoms with van der Waals surface area (Å²) in [6.07, 6.45) is 3.46. The Hall–Kier alpha value is -3.16. The molecule has 0 atom stereocenters. The predicted molar refractivity (Wildman–Crippen MR) is 93.9 cm³/mol. The number of carbonyl (C=O) groups is 1. The number of aliphatic carboxylic acids is 1. The van der Waals surface area contributed by atoms with Gasteiger partial charge in [-0.3, -0.25) is 4.79 Å². The van der Waals surface area contributed by atoms with Crippen LogP contribution in [0.5, 0.6) is 5.75 Å². The van der Waals surface area contributed by atoms with Crippen molar-refractivity contribution >= 4 is 5.97 Å². The molecule has 2 aromatic heterocycles. The van der Waals surface area contributed by atoms with Gasteiger partial charge in [0.1, 0.15) is 30.2 Å². The minimum Gasteiger partial charge on any atom is -0.491 e. The Bertz CT molecular complexity index is 973. The zero-order valence-electron chi connectivity index (χ0n) is 14.6. The molecule has 134 valence electrons. The smallest absolute Gasteiger partial charge is 0.307 e. The Kier molecular flexibility index (Phi) is 3.95. The van der Waals surface area contributed by atoms with E-state index < -0.39 is 5.97 Å². The van der Waals surface area contributed by atoms with E-state index in [0.717, 1.165) is 22.9 Å². The lowest BCUT2D eigenvalue weighted by molar-refractivity contribution is -0.136. The first kappa shape index (κ1) is 16.3. The van der Waals surface area contributed by atoms with E-state index >= 15 is 0 Å². The lowest BCUT2D eigenvalue weighted by Gasteiger charge is -2.08. The molecule has 0 fully saturated rings. The molecule has 0 unspecified atom stereocenters. The van der Waals surface area contributed by atoms with Gasteiger partial charge in [-0.1, -0.05) is 6.07 Å². The molecular formula is C18H19N5O3. The molecule has 8 nitrogen and oxygen atoms in total. The van der Waals surface area contributed by atoms with Crippen LogP contribution in [0.25, 0.3) is 22.9 Å². The Morgan fingerprint density at radius 1 is 1.35 bits per heavy atom. The van der Waals surface area contributed by atoms with Crippen molar-refractivity contribution in [2.45, 2.75) is 32.9 Å². The fraction of sp³-hybridized carbons (Fsp3) is 0.333. The number of hydrogen-bond acceptors (Lipinski definition) is 5. The average Bonchev–Trinajstić information content (AvgIpc) is 3.18. The van der Waals surface area contributed by atoms with E-state index in [2.05, 4.69) is 10.1 Å². The van der Waals surface area contributed by atoms with Crippen LogP contribution in [0.1, 0.15) is 25.5 Å². The predicted octanol–water partition coefficient (Wildman–Crippen LogP) is 2.41. The third-order valence-corrected chi connectivity index (χ3v) is 4.30. The van der Waals surface area contributed by atoms with Gasteiger partial charge in [0.25, 0.3) is 0 Å². The normalized spacial score (nSPS) is 13.0. The number of fused-ring (bicyclic) bond motifs is 3. The van der Waals surface area contributed by atoms with Gasteiger partial charge in [0, 0.05) is 12.2 Å². The quantitative estimate of drug-likeness (QED) is 0.774. The summed E-state index contributed by atoms with van der Waals surface area (Å²) in [7, 11) is 0. The minimum atomic E-state index is -0.865. The topological polar surface area (TPSA) is 95.1 Å². The number of hydrogen-bond donors (Lipinski definition) is 1. The van der Waals surface area contributed by atoms with Gasteiger partial charge < -0.3 is 14.4 Å². The van der Waals surface area contributed by atoms with E-state index in [-0.39, 0.29) is 12.5 Å². The zero-order chi connectivity index (χ0) is 18.3. The molecule has 0 radical (unpaired) electrons. The number of aromatic nitrogens is 5. The summed E-state index contributed by atoms with van der Waals surface area (Å²) < 4.78 is 9.70. The van der Waals surface area contributed by atoms with E-state index in [9.17, 15) is 4.79 Å². The van der Waals surface area contributed by atoms with Crippen molar-refractivity contribution < 1.29 is 14.6 Å². The van der Waals surface area contributed by atoms with E-state index in [1.54, 1.807) is 12.1 Å². The number of carboxylic acids is 1. The number of carboxylic acid groups (broad SMARTS) is 1. The number of benzene rings is 1. The second-order valence-corrected chi connectivity index (χ2v) is 6.51. The highest BCUT2D eigenvalue weighted by molar-refractivity contribution is 5.73. The second-order valence-electron chi connectivity index (χ2n) is 6.51. The highest BCUT2D eigenvalue weighted by atomic mass is 16.5. The maximum Gasteiger partial charge on any atom is 0.307 e. The van der Waals surface area contributed by atoms with Crippen LogP contribution in [0.4, 0.5) is 0 Å². The van der Waals surface area contributed by atoms with Gasteiger partial charge in [-0.25, -0.2) is 14.6 Å². The van der Waals surface area contributed by atoms with Crippen molar-refractivity contribution in [1.29, 1.82) is 0 Å². The largest absolute Gasteiger partial charge is 0.491 e. The highest BCUT2D eigenvalue weighted by Gasteiger charge is 2.22. The maximum absolute atomic E-state index is 11.0. The summed E-state index contributed by atoms with van der Waals surface area (Å²) in [4.78, 5) is 20.1. The first-order valence-corrected chi connectivity index (χ1v) is 8.48. The van der Waals surface area contributed by atoms with Crippen LogP contribution >= 0.6 is 0 Å². The number of nitrogens with zero attached hydrogens (tertiary/aromatic N) is 5. The minimum absolute atomic E-state index is 0.0339. The first-order chi connectivity index (χ1) is 12.5. The van der Waals surface area contributed by atoms with Crippen LogP contribution in [0.15, 0.2) is 30.7 Å². The fourth-order valence-electron chi connectivity index (χ4n) is 3.13. The summed E-state index contributed by atoms with van der Waals surface area (Å²) in [5, 5.41) is 13.3. The number of imidazole rings is 1. The Balaban J connectivity index is 1.78. The van der Waals surface area contributed by atoms with Crippen molar-refractivity contribution in [3.63, 3.8) is 0 Å². The molecule has 3 heterocycles. The van der Waals surface area contributed by atoms with Crippen molar-refractivity contribution in [1.82, 2.24) is 24.3 Å². The molecule has 1 aliphatic rings. The molecule has 0 aliphatic carbocycles. The van der Waals surface area contributed by atoms with Gasteiger partial charge in [0.15, 0.2) is 5.82 Å². The lowest BCUT2D eigenvalue weighted by Crippen LogP contribution is -2.06. The van der Waals surface area contributed by atoms with Gasteiger partial charge in [-0.05, 0) is 31.5 Å². The van der Waals surface area contributed by atoms with Crippen LogP contribution in [-0.2, 0) is 17.8 Å². The van der Waals surface area contributed by atoms with E-state index in [4.69, 9.17) is 14.8 Å². The standard InChI is InChI=1S/C18H19N5O3/c1-11(2)23-18(19-10-20-23)14-9-22-5-6-26-15-7-12(8-16(24)25)3-4-13(15)17(22)21-14/h3-4,7,9-11H,5-6,8H2,1-2H3,(H,24,25). The summed E-state index contributed by atoms with van der Waals surface area (Å²) >= 11 is 0. The van der Waals surface area contributed by atoms with Crippen molar-refractivity contribution in [3.05, 3.63) is 36.3 Å². The molecule has 3 aromatic rings. The summed E-state index contributed by atoms with van der Waals surface area (Å²) in [5.41, 5.74) is 2.31. The lowest BCUT2D eigenvalue weighted by atomic mass is 10.1. The maximum atomic E-state index is 11.0. The van der Waals surface area contributed by atoms with Crippen LogP contribution in [0.3, 0.4) is 0 Å². The molecule has 0 bridgehead atoms. The third kappa shape index (κ3) is 2.83. The van der Waals surface area contributed by atoms with Crippen molar-refractivity contribution in [2.75, 3.05) is 6.61 Å². The molecule has 1 aromatic carbocycles. The molecule has 4 rings (SSSR count). The van der Waals surface area contributed by atoms with E-state index in [1.807, 2.05) is 35.4 Å². The third-order valence-electron chi connectivity index (χ3n) is 4.30. The van der Waals surface area contributed by atoms with Crippen LogP contribution in [0, 0.1) is 0 Å². The summed E-state index contributed by atoms with van der Waals surface area (Å²) in [5.74, 6) is 1.30. The van der Waals surface area contributed by atoms with Crippen LogP contribution in [-0.4, -0.2) is 42.0 Å². The van der Waals surface area contributed by atoms with Gasteiger partial charge >= 0.3 is 5.97 Å². The molecule has 8 heteroatoms. The molecule has 1 N–H and O–H groups in total. The van der Waals surface area contributed by atoms with Gasteiger partial charge in [0.05, 0.1) is 18.5 Å². The number of rotatable bonds is 4. The Morgan fingerprint density at radius 3 is 2.96 bits per heavy atom.